The predicted octanol–water partition coefficient (Wildman–Crippen LogP) is 2.50. The highest BCUT2D eigenvalue weighted by Crippen LogP contribution is 2.16. The number of nitrogens with two attached hydrogens (primary N) is 1. The number of benzene rings is 1. The van der Waals surface area contributed by atoms with E-state index < -0.39 is 0 Å². The summed E-state index contributed by atoms with van der Waals surface area (Å²) < 4.78 is 0. The fourth-order valence-electron chi connectivity index (χ4n) is 1.44. The van der Waals surface area contributed by atoms with E-state index in [1.165, 1.54) is 0 Å². The number of hydrogen-bond donors (Lipinski definition) is 1. The van der Waals surface area contributed by atoms with E-state index >= 15 is 0 Å². The Morgan fingerprint density at radius 1 is 1.06 bits per heavy atom. The van der Waals surface area contributed by atoms with E-state index in [1.54, 1.807) is 12.4 Å². The van der Waals surface area contributed by atoms with Crippen molar-refractivity contribution in [3.05, 3.63) is 53.1 Å². The molecule has 2 N–H and O–H groups in total. The molecule has 0 amide bonds. The van der Waals surface area contributed by atoms with Crippen molar-refractivity contribution < 1.29 is 0 Å². The summed E-state index contributed by atoms with van der Waals surface area (Å²) in [6.45, 7) is 0. The van der Waals surface area contributed by atoms with Gasteiger partial charge in [0.25, 0.3) is 0 Å². The minimum absolute atomic E-state index is 0.585. The molecule has 0 bridgehead atoms. The third kappa shape index (κ3) is 2.70. The molecule has 0 fully saturated rings. The largest absolute Gasteiger partial charge is 0.396 e. The van der Waals surface area contributed by atoms with Gasteiger partial charge in [-0.05, 0) is 18.1 Å². The summed E-state index contributed by atoms with van der Waals surface area (Å²) in [4.78, 5) is 8.29. The lowest BCUT2D eigenvalue weighted by Crippen LogP contribution is -1.99. The molecule has 0 aliphatic rings. The van der Waals surface area contributed by atoms with Crippen molar-refractivity contribution in [1.29, 1.82) is 0 Å². The number of rotatable bonds is 3. The highest BCUT2D eigenvalue weighted by Gasteiger charge is 2.01. The molecule has 0 saturated carbocycles. The second-order valence-electron chi connectivity index (χ2n) is 3.52. The lowest BCUT2D eigenvalue weighted by Gasteiger charge is -2.03. The van der Waals surface area contributed by atoms with Crippen LogP contribution in [-0.2, 0) is 12.8 Å². The van der Waals surface area contributed by atoms with Crippen molar-refractivity contribution >= 4 is 17.3 Å². The van der Waals surface area contributed by atoms with Crippen LogP contribution < -0.4 is 5.73 Å². The van der Waals surface area contributed by atoms with Crippen molar-refractivity contribution in [2.45, 2.75) is 12.8 Å². The smallest absolute Gasteiger partial charge is 0.128 e. The van der Waals surface area contributed by atoms with Gasteiger partial charge in [0.1, 0.15) is 5.82 Å². The third-order valence-corrected chi connectivity index (χ3v) is 2.67. The van der Waals surface area contributed by atoms with E-state index in [-0.39, 0.29) is 0 Å². The highest BCUT2D eigenvalue weighted by molar-refractivity contribution is 6.31. The Kier molecular flexibility index (Phi) is 3.37. The minimum atomic E-state index is 0.585. The summed E-state index contributed by atoms with van der Waals surface area (Å²) in [6.07, 6.45) is 4.84. The Hall–Kier alpha value is -1.61. The number of hydrogen-bond acceptors (Lipinski definition) is 3. The molecule has 4 heteroatoms. The second-order valence-corrected chi connectivity index (χ2v) is 3.93. The monoisotopic (exact) mass is 233 g/mol. The van der Waals surface area contributed by atoms with Crippen LogP contribution >= 0.6 is 11.6 Å². The molecule has 82 valence electrons. The van der Waals surface area contributed by atoms with Crippen molar-refractivity contribution in [1.82, 2.24) is 9.97 Å². The van der Waals surface area contributed by atoms with Gasteiger partial charge in [-0.2, -0.15) is 0 Å². The maximum atomic E-state index is 6.05. The average Bonchev–Trinajstić information content (AvgIpc) is 2.30. The summed E-state index contributed by atoms with van der Waals surface area (Å²) in [5.41, 5.74) is 7.21. The highest BCUT2D eigenvalue weighted by atomic mass is 35.5. The van der Waals surface area contributed by atoms with E-state index in [0.717, 1.165) is 29.3 Å². The van der Waals surface area contributed by atoms with Gasteiger partial charge in [0.2, 0.25) is 0 Å². The molecule has 16 heavy (non-hydrogen) atoms. The molecule has 2 aromatic rings. The number of aromatic nitrogens is 2. The van der Waals surface area contributed by atoms with E-state index in [4.69, 9.17) is 17.3 Å². The normalized spacial score (nSPS) is 10.3. The van der Waals surface area contributed by atoms with Gasteiger partial charge < -0.3 is 5.73 Å². The van der Waals surface area contributed by atoms with Gasteiger partial charge in [-0.1, -0.05) is 29.8 Å². The van der Waals surface area contributed by atoms with Crippen LogP contribution in [0.25, 0.3) is 0 Å². The number of nitrogen functional groups attached to an aromatic ring is 1. The molecule has 0 aliphatic heterocycles. The van der Waals surface area contributed by atoms with Gasteiger partial charge in [0.15, 0.2) is 0 Å². The first-order valence-electron chi connectivity index (χ1n) is 5.05. The topological polar surface area (TPSA) is 51.8 Å². The summed E-state index contributed by atoms with van der Waals surface area (Å²) >= 11 is 6.05. The zero-order valence-electron chi connectivity index (χ0n) is 8.73. The van der Waals surface area contributed by atoms with Crippen LogP contribution in [0.5, 0.6) is 0 Å². The van der Waals surface area contributed by atoms with Gasteiger partial charge in [-0.25, -0.2) is 9.97 Å². The SMILES string of the molecule is Nc1cnc(CCc2ccccc2Cl)nc1. The van der Waals surface area contributed by atoms with Gasteiger partial charge in [-0.3, -0.25) is 0 Å². The fourth-order valence-corrected chi connectivity index (χ4v) is 1.67. The van der Waals surface area contributed by atoms with Gasteiger partial charge in [0, 0.05) is 11.4 Å². The summed E-state index contributed by atoms with van der Waals surface area (Å²) in [6, 6.07) is 7.80. The zero-order chi connectivity index (χ0) is 11.4. The van der Waals surface area contributed by atoms with Crippen LogP contribution in [0.1, 0.15) is 11.4 Å². The van der Waals surface area contributed by atoms with Gasteiger partial charge >= 0.3 is 0 Å². The molecule has 0 atom stereocenters. The first kappa shape index (κ1) is 10.9. The average molecular weight is 234 g/mol. The van der Waals surface area contributed by atoms with Gasteiger partial charge in [-0.15, -0.1) is 0 Å². The molecule has 0 spiro atoms. The Balaban J connectivity index is 2.02. The molecular formula is C12H12ClN3. The number of nitrogens with zero attached hydrogens (tertiary/aromatic N) is 2. The third-order valence-electron chi connectivity index (χ3n) is 2.30. The lowest BCUT2D eigenvalue weighted by atomic mass is 10.1. The molecule has 3 nitrogen and oxygen atoms in total. The Morgan fingerprint density at radius 3 is 2.44 bits per heavy atom. The Labute approximate surface area is 99.3 Å². The van der Waals surface area contributed by atoms with Crippen LogP contribution in [0.15, 0.2) is 36.7 Å². The molecule has 0 unspecified atom stereocenters. The standard InChI is InChI=1S/C12H12ClN3/c13-11-4-2-1-3-9(11)5-6-12-15-7-10(14)8-16-12/h1-4,7-8H,5-6,14H2. The van der Waals surface area contributed by atoms with Crippen LogP contribution in [0.2, 0.25) is 5.02 Å². The van der Waals surface area contributed by atoms with E-state index in [1.807, 2.05) is 24.3 Å². The quantitative estimate of drug-likeness (QED) is 0.886. The number of anilines is 1. The number of aryl methyl sites for hydroxylation is 2. The zero-order valence-corrected chi connectivity index (χ0v) is 9.48. The van der Waals surface area contributed by atoms with E-state index in [9.17, 15) is 0 Å². The van der Waals surface area contributed by atoms with Crippen molar-refractivity contribution in [2.75, 3.05) is 5.73 Å². The lowest BCUT2D eigenvalue weighted by molar-refractivity contribution is 0.859. The molecule has 1 heterocycles. The maximum Gasteiger partial charge on any atom is 0.128 e. The van der Waals surface area contributed by atoms with E-state index in [2.05, 4.69) is 9.97 Å². The Morgan fingerprint density at radius 2 is 1.75 bits per heavy atom. The number of halogens is 1. The van der Waals surface area contributed by atoms with Crippen LogP contribution in [0.4, 0.5) is 5.69 Å². The molecule has 0 radical (unpaired) electrons. The van der Waals surface area contributed by atoms with Gasteiger partial charge in [0.05, 0.1) is 18.1 Å². The molecule has 0 aliphatic carbocycles. The van der Waals surface area contributed by atoms with Crippen LogP contribution in [-0.4, -0.2) is 9.97 Å². The molecule has 1 aromatic heterocycles. The van der Waals surface area contributed by atoms with Crippen LogP contribution in [0.3, 0.4) is 0 Å². The second kappa shape index (κ2) is 4.94. The molecular weight excluding hydrogens is 222 g/mol. The maximum absolute atomic E-state index is 6.05. The predicted molar refractivity (Wildman–Crippen MR) is 65.3 cm³/mol. The van der Waals surface area contributed by atoms with Crippen molar-refractivity contribution in [3.8, 4) is 0 Å². The van der Waals surface area contributed by atoms with E-state index in [0.29, 0.717) is 5.69 Å². The summed E-state index contributed by atoms with van der Waals surface area (Å²) in [5.74, 6) is 0.786. The summed E-state index contributed by atoms with van der Waals surface area (Å²) in [7, 11) is 0. The molecule has 0 saturated heterocycles. The Bertz CT molecular complexity index is 468. The van der Waals surface area contributed by atoms with Crippen molar-refractivity contribution in [3.63, 3.8) is 0 Å². The fraction of sp³-hybridized carbons (Fsp3) is 0.167. The first-order chi connectivity index (χ1) is 7.75. The molecule has 2 rings (SSSR count). The van der Waals surface area contributed by atoms with Crippen LogP contribution in [0, 0.1) is 0 Å². The summed E-state index contributed by atoms with van der Waals surface area (Å²) in [5, 5.41) is 0.790. The first-order valence-corrected chi connectivity index (χ1v) is 5.43. The minimum Gasteiger partial charge on any atom is -0.396 e. The molecule has 1 aromatic carbocycles. The van der Waals surface area contributed by atoms with Crippen molar-refractivity contribution in [2.24, 2.45) is 0 Å².